The lowest BCUT2D eigenvalue weighted by atomic mass is 10.0. The van der Waals surface area contributed by atoms with E-state index < -0.39 is 0 Å². The van der Waals surface area contributed by atoms with Crippen molar-refractivity contribution in [2.75, 3.05) is 17.7 Å². The molecule has 2 rings (SSSR count). The summed E-state index contributed by atoms with van der Waals surface area (Å²) in [6, 6.07) is 15.4. The molecule has 3 nitrogen and oxygen atoms in total. The average Bonchev–Trinajstić information content (AvgIpc) is 2.47. The second-order valence-corrected chi connectivity index (χ2v) is 5.03. The molecule has 0 saturated carbocycles. The molecule has 0 saturated heterocycles. The van der Waals surface area contributed by atoms with Crippen LogP contribution in [0.3, 0.4) is 0 Å². The Bertz CT molecular complexity index is 588. The molecule has 0 radical (unpaired) electrons. The van der Waals surface area contributed by atoms with Crippen molar-refractivity contribution in [1.29, 1.82) is 0 Å². The van der Waals surface area contributed by atoms with E-state index in [9.17, 15) is 4.79 Å². The molecular formula is C17H20N2O. The van der Waals surface area contributed by atoms with Crippen molar-refractivity contribution in [2.45, 2.75) is 19.8 Å². The fourth-order valence-corrected chi connectivity index (χ4v) is 2.05. The number of amides is 1. The van der Waals surface area contributed by atoms with Crippen molar-refractivity contribution in [2.24, 2.45) is 0 Å². The van der Waals surface area contributed by atoms with Gasteiger partial charge in [0, 0.05) is 18.4 Å². The topological polar surface area (TPSA) is 41.1 Å². The van der Waals surface area contributed by atoms with Gasteiger partial charge in [-0.15, -0.1) is 0 Å². The molecule has 0 unspecified atom stereocenters. The van der Waals surface area contributed by atoms with Crippen LogP contribution in [0.25, 0.3) is 0 Å². The highest BCUT2D eigenvalue weighted by Crippen LogP contribution is 2.19. The van der Waals surface area contributed by atoms with Gasteiger partial charge in [-0.05, 0) is 35.7 Å². The molecule has 1 amide bonds. The summed E-state index contributed by atoms with van der Waals surface area (Å²) in [5.41, 5.74) is 3.54. The molecule has 0 aliphatic heterocycles. The highest BCUT2D eigenvalue weighted by Gasteiger charge is 2.10. The van der Waals surface area contributed by atoms with Gasteiger partial charge in [0.2, 0.25) is 0 Å². The molecule has 2 aromatic carbocycles. The number of nitrogens with one attached hydrogen (secondary N) is 2. The van der Waals surface area contributed by atoms with Gasteiger partial charge in [0.1, 0.15) is 0 Å². The average molecular weight is 268 g/mol. The third-order valence-corrected chi connectivity index (χ3v) is 3.28. The molecule has 0 heterocycles. The summed E-state index contributed by atoms with van der Waals surface area (Å²) < 4.78 is 0. The molecule has 0 bridgehead atoms. The second kappa shape index (κ2) is 6.24. The lowest BCUT2D eigenvalue weighted by Gasteiger charge is -2.11. The molecule has 2 N–H and O–H groups in total. The van der Waals surface area contributed by atoms with Crippen molar-refractivity contribution >= 4 is 17.3 Å². The Morgan fingerprint density at radius 1 is 1.00 bits per heavy atom. The fraction of sp³-hybridized carbons (Fsp3) is 0.235. The van der Waals surface area contributed by atoms with Crippen LogP contribution in [-0.4, -0.2) is 13.0 Å². The number of anilines is 2. The minimum absolute atomic E-state index is 0.104. The predicted molar refractivity (Wildman–Crippen MR) is 84.5 cm³/mol. The number of carbonyl (C=O) groups is 1. The van der Waals surface area contributed by atoms with Crippen LogP contribution in [0.1, 0.15) is 35.7 Å². The van der Waals surface area contributed by atoms with Crippen molar-refractivity contribution < 1.29 is 4.79 Å². The zero-order valence-electron chi connectivity index (χ0n) is 12.1. The van der Waals surface area contributed by atoms with E-state index in [4.69, 9.17) is 0 Å². The van der Waals surface area contributed by atoms with E-state index in [1.165, 1.54) is 5.56 Å². The molecule has 104 valence electrons. The van der Waals surface area contributed by atoms with Crippen molar-refractivity contribution in [1.82, 2.24) is 0 Å². The van der Waals surface area contributed by atoms with Gasteiger partial charge in [-0.2, -0.15) is 0 Å². The molecule has 0 aliphatic rings. The van der Waals surface area contributed by atoms with Crippen LogP contribution >= 0.6 is 0 Å². The highest BCUT2D eigenvalue weighted by molar-refractivity contribution is 6.08. The largest absolute Gasteiger partial charge is 0.387 e. The zero-order chi connectivity index (χ0) is 14.5. The number of rotatable bonds is 4. The molecule has 0 atom stereocenters. The number of hydrogen-bond donors (Lipinski definition) is 2. The van der Waals surface area contributed by atoms with Gasteiger partial charge < -0.3 is 10.6 Å². The quantitative estimate of drug-likeness (QED) is 0.876. The van der Waals surface area contributed by atoms with Crippen LogP contribution < -0.4 is 10.6 Å². The minimum Gasteiger partial charge on any atom is -0.387 e. The van der Waals surface area contributed by atoms with E-state index >= 15 is 0 Å². The fourth-order valence-electron chi connectivity index (χ4n) is 2.05. The first-order valence-electron chi connectivity index (χ1n) is 6.80. The second-order valence-electron chi connectivity index (χ2n) is 5.03. The summed E-state index contributed by atoms with van der Waals surface area (Å²) in [4.78, 5) is 12.3. The zero-order valence-corrected chi connectivity index (χ0v) is 12.1. The molecule has 3 heteroatoms. The maximum atomic E-state index is 12.3. The molecule has 0 aliphatic carbocycles. The summed E-state index contributed by atoms with van der Waals surface area (Å²) in [5.74, 6) is 0.386. The molecule has 0 spiro atoms. The van der Waals surface area contributed by atoms with E-state index in [2.05, 4.69) is 24.5 Å². The van der Waals surface area contributed by atoms with Crippen LogP contribution in [0, 0.1) is 0 Å². The number of carbonyl (C=O) groups excluding carboxylic acids is 1. The van der Waals surface area contributed by atoms with E-state index in [-0.39, 0.29) is 5.91 Å². The first kappa shape index (κ1) is 14.1. The standard InChI is InChI=1S/C17H20N2O/c1-12(2)13-8-10-14(11-9-13)19-17(20)15-6-4-5-7-16(15)18-3/h4-12,18H,1-3H3,(H,19,20). The third kappa shape index (κ3) is 3.18. The predicted octanol–water partition coefficient (Wildman–Crippen LogP) is 4.10. The van der Waals surface area contributed by atoms with E-state index in [1.807, 2.05) is 55.6 Å². The summed E-state index contributed by atoms with van der Waals surface area (Å²) >= 11 is 0. The Hall–Kier alpha value is -2.29. The van der Waals surface area contributed by atoms with Crippen LogP contribution in [0.5, 0.6) is 0 Å². The number of hydrogen-bond acceptors (Lipinski definition) is 2. The normalized spacial score (nSPS) is 10.4. The van der Waals surface area contributed by atoms with E-state index in [0.29, 0.717) is 11.5 Å². The maximum absolute atomic E-state index is 12.3. The lowest BCUT2D eigenvalue weighted by Crippen LogP contribution is -2.13. The van der Waals surface area contributed by atoms with Crippen LogP contribution in [0.2, 0.25) is 0 Å². The first-order valence-corrected chi connectivity index (χ1v) is 6.80. The maximum Gasteiger partial charge on any atom is 0.257 e. The summed E-state index contributed by atoms with van der Waals surface area (Å²) in [5, 5.41) is 5.95. The molecule has 20 heavy (non-hydrogen) atoms. The smallest absolute Gasteiger partial charge is 0.257 e. The van der Waals surface area contributed by atoms with Gasteiger partial charge in [0.05, 0.1) is 5.56 Å². The van der Waals surface area contributed by atoms with Gasteiger partial charge >= 0.3 is 0 Å². The van der Waals surface area contributed by atoms with E-state index in [1.54, 1.807) is 0 Å². The number of para-hydroxylation sites is 1. The van der Waals surface area contributed by atoms with Gasteiger partial charge in [-0.1, -0.05) is 38.1 Å². The summed E-state index contributed by atoms with van der Waals surface area (Å²) in [6.07, 6.45) is 0. The van der Waals surface area contributed by atoms with Crippen molar-refractivity contribution in [3.63, 3.8) is 0 Å². The molecular weight excluding hydrogens is 248 g/mol. The Balaban J connectivity index is 2.15. The lowest BCUT2D eigenvalue weighted by molar-refractivity contribution is 0.102. The summed E-state index contributed by atoms with van der Waals surface area (Å²) in [7, 11) is 1.81. The van der Waals surface area contributed by atoms with Crippen LogP contribution in [0.4, 0.5) is 11.4 Å². The Kier molecular flexibility index (Phi) is 4.41. The van der Waals surface area contributed by atoms with Crippen LogP contribution in [-0.2, 0) is 0 Å². The first-order chi connectivity index (χ1) is 9.61. The summed E-state index contributed by atoms with van der Waals surface area (Å²) in [6.45, 7) is 4.30. The van der Waals surface area contributed by atoms with Crippen molar-refractivity contribution in [3.8, 4) is 0 Å². The van der Waals surface area contributed by atoms with E-state index in [0.717, 1.165) is 11.4 Å². The molecule has 0 fully saturated rings. The minimum atomic E-state index is -0.104. The van der Waals surface area contributed by atoms with Gasteiger partial charge in [0.15, 0.2) is 0 Å². The van der Waals surface area contributed by atoms with Gasteiger partial charge in [0.25, 0.3) is 5.91 Å². The molecule has 0 aromatic heterocycles. The molecule has 2 aromatic rings. The highest BCUT2D eigenvalue weighted by atomic mass is 16.1. The van der Waals surface area contributed by atoms with Gasteiger partial charge in [-0.3, -0.25) is 4.79 Å². The third-order valence-electron chi connectivity index (χ3n) is 3.28. The Morgan fingerprint density at radius 3 is 2.25 bits per heavy atom. The Labute approximate surface area is 120 Å². The Morgan fingerprint density at radius 2 is 1.65 bits per heavy atom. The van der Waals surface area contributed by atoms with Crippen molar-refractivity contribution in [3.05, 3.63) is 59.7 Å². The van der Waals surface area contributed by atoms with Crippen LogP contribution in [0.15, 0.2) is 48.5 Å². The SMILES string of the molecule is CNc1ccccc1C(=O)Nc1ccc(C(C)C)cc1. The van der Waals surface area contributed by atoms with Gasteiger partial charge in [-0.25, -0.2) is 0 Å². The number of benzene rings is 2. The monoisotopic (exact) mass is 268 g/mol.